The lowest BCUT2D eigenvalue weighted by Gasteiger charge is -2.41. The molecule has 8 nitrogen and oxygen atoms in total. The molecule has 1 aromatic heterocycles. The van der Waals surface area contributed by atoms with Crippen molar-refractivity contribution in [1.82, 2.24) is 10.2 Å². The number of thiophene rings is 1. The van der Waals surface area contributed by atoms with Crippen LogP contribution in [0.1, 0.15) is 40.9 Å². The number of ether oxygens (including phenoxy) is 1. The fourth-order valence-corrected chi connectivity index (χ4v) is 5.49. The van der Waals surface area contributed by atoms with Gasteiger partial charge < -0.3 is 20.3 Å². The number of halogens is 5. The van der Waals surface area contributed by atoms with Crippen molar-refractivity contribution in [2.24, 2.45) is 0 Å². The number of carbonyl (C=O) groups excluding carboxylic acids is 3. The second-order valence-electron chi connectivity index (χ2n) is 9.16. The number of anilines is 2. The Hall–Kier alpha value is -2.74. The van der Waals surface area contributed by atoms with Crippen LogP contribution >= 0.6 is 22.9 Å². The van der Waals surface area contributed by atoms with Gasteiger partial charge in [0.15, 0.2) is 0 Å². The van der Waals surface area contributed by atoms with Crippen molar-refractivity contribution in [3.8, 4) is 0 Å². The Morgan fingerprint density at radius 2 is 1.95 bits per heavy atom. The van der Waals surface area contributed by atoms with Gasteiger partial charge in [0.25, 0.3) is 24.7 Å². The van der Waals surface area contributed by atoms with Crippen molar-refractivity contribution in [3.05, 3.63) is 45.1 Å². The second kappa shape index (κ2) is 13.1. The van der Waals surface area contributed by atoms with Gasteiger partial charge in [0.05, 0.1) is 28.1 Å². The van der Waals surface area contributed by atoms with Gasteiger partial charge in [-0.2, -0.15) is 0 Å². The molecule has 1 atom stereocenters. The molecule has 0 radical (unpaired) electrons. The molecule has 14 heteroatoms. The van der Waals surface area contributed by atoms with E-state index in [1.54, 1.807) is 0 Å². The van der Waals surface area contributed by atoms with Crippen molar-refractivity contribution in [3.63, 3.8) is 0 Å². The monoisotopic (exact) mass is 590 g/mol. The minimum absolute atomic E-state index is 0.00326. The number of morpholine rings is 1. The van der Waals surface area contributed by atoms with E-state index in [9.17, 15) is 31.9 Å². The molecule has 1 aliphatic carbocycles. The number of hydrogen-bond acceptors (Lipinski definition) is 6. The summed E-state index contributed by atoms with van der Waals surface area (Å²) < 4.78 is 60.4. The smallest absolute Gasteiger partial charge is 0.265 e. The molecule has 212 valence electrons. The lowest BCUT2D eigenvalue weighted by Crippen LogP contribution is -2.57. The van der Waals surface area contributed by atoms with Crippen LogP contribution in [0.25, 0.3) is 0 Å². The SMILES string of the molecule is O=C(NC[C@H](C(=O)Nc1ccc(N2CCOCC2=O)c(C(F)F)c1)N(CC(F)F)C1CCC1)c1ccc(Cl)s1. The summed E-state index contributed by atoms with van der Waals surface area (Å²) >= 11 is 6.92. The molecule has 3 amide bonds. The van der Waals surface area contributed by atoms with Crippen LogP contribution in [-0.4, -0.2) is 74.0 Å². The number of hydrogen-bond donors (Lipinski definition) is 2. The van der Waals surface area contributed by atoms with Gasteiger partial charge in [-0.3, -0.25) is 19.3 Å². The third-order valence-electron chi connectivity index (χ3n) is 6.66. The lowest BCUT2D eigenvalue weighted by atomic mass is 9.90. The van der Waals surface area contributed by atoms with Gasteiger partial charge in [0, 0.05) is 30.4 Å². The van der Waals surface area contributed by atoms with Crippen molar-refractivity contribution in [2.45, 2.75) is 44.2 Å². The molecule has 4 rings (SSSR count). The van der Waals surface area contributed by atoms with Crippen LogP contribution in [0, 0.1) is 0 Å². The van der Waals surface area contributed by atoms with E-state index in [1.807, 2.05) is 0 Å². The normalized spacial score (nSPS) is 17.0. The average molecular weight is 591 g/mol. The maximum atomic E-state index is 14.0. The summed E-state index contributed by atoms with van der Waals surface area (Å²) in [6.07, 6.45) is -3.64. The van der Waals surface area contributed by atoms with Gasteiger partial charge >= 0.3 is 0 Å². The summed E-state index contributed by atoms with van der Waals surface area (Å²) in [6, 6.07) is 5.30. The molecule has 1 saturated heterocycles. The highest BCUT2D eigenvalue weighted by molar-refractivity contribution is 7.18. The molecule has 2 aromatic rings. The second-order valence-corrected chi connectivity index (χ2v) is 10.9. The largest absolute Gasteiger partial charge is 0.370 e. The van der Waals surface area contributed by atoms with Crippen LogP contribution < -0.4 is 15.5 Å². The van der Waals surface area contributed by atoms with Gasteiger partial charge in [0.2, 0.25) is 5.91 Å². The van der Waals surface area contributed by atoms with Gasteiger partial charge in [-0.1, -0.05) is 18.0 Å². The highest BCUT2D eigenvalue weighted by Crippen LogP contribution is 2.34. The minimum atomic E-state index is -2.95. The number of amides is 3. The number of alkyl halides is 4. The van der Waals surface area contributed by atoms with E-state index in [-0.39, 0.29) is 48.6 Å². The van der Waals surface area contributed by atoms with E-state index in [0.717, 1.165) is 23.8 Å². The van der Waals surface area contributed by atoms with E-state index >= 15 is 0 Å². The highest BCUT2D eigenvalue weighted by Gasteiger charge is 2.37. The zero-order chi connectivity index (χ0) is 28.1. The van der Waals surface area contributed by atoms with Crippen LogP contribution in [0.15, 0.2) is 30.3 Å². The topological polar surface area (TPSA) is 91.0 Å². The molecule has 2 aliphatic rings. The molecule has 2 heterocycles. The minimum Gasteiger partial charge on any atom is -0.370 e. The fourth-order valence-electron chi connectivity index (χ4n) is 4.53. The molecular weight excluding hydrogens is 564 g/mol. The van der Waals surface area contributed by atoms with E-state index in [0.29, 0.717) is 17.2 Å². The summed E-state index contributed by atoms with van der Waals surface area (Å²) in [7, 11) is 0. The number of nitrogens with one attached hydrogen (secondary N) is 2. The summed E-state index contributed by atoms with van der Waals surface area (Å²) in [5.74, 6) is -1.72. The first-order valence-electron chi connectivity index (χ1n) is 12.3. The predicted octanol–water partition coefficient (Wildman–Crippen LogP) is 4.56. The Labute approximate surface area is 231 Å². The summed E-state index contributed by atoms with van der Waals surface area (Å²) in [5, 5.41) is 5.16. The predicted molar refractivity (Wildman–Crippen MR) is 139 cm³/mol. The molecule has 1 aliphatic heterocycles. The van der Waals surface area contributed by atoms with Crippen molar-refractivity contribution in [2.75, 3.05) is 43.1 Å². The standard InChI is InChI=1S/C25H27ClF4N4O4S/c26-20-7-6-19(39-20)25(37)31-11-18(34(12-21(27)28)15-2-1-3-15)24(36)32-14-4-5-17(16(10-14)23(29)30)33-8-9-38-13-22(33)35/h4-7,10,15,18,21,23H,1-3,8-9,11-13H2,(H,31,37)(H,32,36)/t18-/m1/s1. The van der Waals surface area contributed by atoms with Crippen LogP contribution in [0.3, 0.4) is 0 Å². The van der Waals surface area contributed by atoms with Crippen LogP contribution in [0.2, 0.25) is 4.34 Å². The van der Waals surface area contributed by atoms with E-state index < -0.39 is 48.7 Å². The number of benzene rings is 1. The quantitative estimate of drug-likeness (QED) is 0.375. The van der Waals surface area contributed by atoms with Gasteiger partial charge in [-0.05, 0) is 43.2 Å². The Morgan fingerprint density at radius 3 is 2.54 bits per heavy atom. The molecule has 1 saturated carbocycles. The lowest BCUT2D eigenvalue weighted by molar-refractivity contribution is -0.126. The number of rotatable bonds is 11. The first-order chi connectivity index (χ1) is 18.6. The molecular formula is C25H27ClF4N4O4S. The van der Waals surface area contributed by atoms with Crippen LogP contribution in [-0.2, 0) is 14.3 Å². The maximum absolute atomic E-state index is 14.0. The molecule has 39 heavy (non-hydrogen) atoms. The third-order valence-corrected chi connectivity index (χ3v) is 7.89. The number of carbonyl (C=O) groups is 3. The van der Waals surface area contributed by atoms with Crippen molar-refractivity contribution in [1.29, 1.82) is 0 Å². The molecule has 0 unspecified atom stereocenters. The van der Waals surface area contributed by atoms with Gasteiger partial charge in [0.1, 0.15) is 12.6 Å². The molecule has 2 fully saturated rings. The van der Waals surface area contributed by atoms with Crippen molar-refractivity contribution >= 4 is 52.0 Å². The van der Waals surface area contributed by atoms with E-state index in [1.165, 1.54) is 34.1 Å². The zero-order valence-electron chi connectivity index (χ0n) is 20.7. The van der Waals surface area contributed by atoms with Crippen molar-refractivity contribution < 1.29 is 36.7 Å². The van der Waals surface area contributed by atoms with E-state index in [4.69, 9.17) is 16.3 Å². The third kappa shape index (κ3) is 7.27. The van der Waals surface area contributed by atoms with E-state index in [2.05, 4.69) is 10.6 Å². The average Bonchev–Trinajstić information content (AvgIpc) is 3.29. The molecule has 2 N–H and O–H groups in total. The maximum Gasteiger partial charge on any atom is 0.265 e. The molecule has 0 bridgehead atoms. The first-order valence-corrected chi connectivity index (χ1v) is 13.5. The Kier molecular flexibility index (Phi) is 9.81. The van der Waals surface area contributed by atoms with Crippen LogP contribution in [0.5, 0.6) is 0 Å². The summed E-state index contributed by atoms with van der Waals surface area (Å²) in [5.41, 5.74) is -0.457. The van der Waals surface area contributed by atoms with Gasteiger partial charge in [-0.25, -0.2) is 17.6 Å². The molecule has 0 spiro atoms. The number of nitrogens with zero attached hydrogens (tertiary/aromatic N) is 2. The van der Waals surface area contributed by atoms with Gasteiger partial charge in [-0.15, -0.1) is 11.3 Å². The first kappa shape index (κ1) is 29.2. The Balaban J connectivity index is 1.56. The molecule has 1 aromatic carbocycles. The Morgan fingerprint density at radius 1 is 1.18 bits per heavy atom. The zero-order valence-corrected chi connectivity index (χ0v) is 22.3. The Bertz CT molecular complexity index is 1200. The fraction of sp³-hybridized carbons (Fsp3) is 0.480. The summed E-state index contributed by atoms with van der Waals surface area (Å²) in [6.45, 7) is -0.909. The highest BCUT2D eigenvalue weighted by atomic mass is 35.5. The summed E-state index contributed by atoms with van der Waals surface area (Å²) in [4.78, 5) is 41.1. The van der Waals surface area contributed by atoms with Crippen LogP contribution in [0.4, 0.5) is 28.9 Å².